The van der Waals surface area contributed by atoms with Gasteiger partial charge in [0.2, 0.25) is 5.91 Å². The van der Waals surface area contributed by atoms with Crippen LogP contribution in [-0.2, 0) is 23.8 Å². The third-order valence-corrected chi connectivity index (χ3v) is 14.5. The summed E-state index contributed by atoms with van der Waals surface area (Å²) in [6.07, 6.45) is 49.0. The number of hydrogen-bond donors (Lipinski definition) is 6. The molecular weight excluding hydrogens is 919 g/mol. The molecule has 0 aromatic carbocycles. The Hall–Kier alpha value is -2.12. The van der Waals surface area contributed by atoms with Crippen LogP contribution in [0.4, 0.5) is 0 Å². The Bertz CT molecular complexity index is 1330. The fourth-order valence-electron chi connectivity index (χ4n) is 9.58. The lowest BCUT2D eigenvalue weighted by Gasteiger charge is -2.41. The van der Waals surface area contributed by atoms with E-state index in [-0.39, 0.29) is 19.4 Å². The zero-order valence-corrected chi connectivity index (χ0v) is 47.3. The van der Waals surface area contributed by atoms with Gasteiger partial charge in [0.1, 0.15) is 24.4 Å². The van der Waals surface area contributed by atoms with Gasteiger partial charge < -0.3 is 45.1 Å². The van der Waals surface area contributed by atoms with E-state index in [2.05, 4.69) is 50.4 Å². The number of carbonyl (C=O) groups excluding carboxylic acids is 2. The molecule has 0 bridgehead atoms. The van der Waals surface area contributed by atoms with E-state index in [1.165, 1.54) is 167 Å². The van der Waals surface area contributed by atoms with Crippen molar-refractivity contribution in [3.63, 3.8) is 0 Å². The van der Waals surface area contributed by atoms with Crippen molar-refractivity contribution in [1.82, 2.24) is 5.32 Å². The van der Waals surface area contributed by atoms with E-state index in [0.29, 0.717) is 12.8 Å². The van der Waals surface area contributed by atoms with Gasteiger partial charge in [0.15, 0.2) is 12.4 Å². The molecular formula is C62H115NO10. The zero-order chi connectivity index (χ0) is 53.3. The summed E-state index contributed by atoms with van der Waals surface area (Å²) < 4.78 is 17.6. The SMILES string of the molecule is CCCCCCCC/C=C/CCCCCCCCCCC(O)C(=O)NC(COC1OC(CO)C(O)C(O)C1OC(=O)CCCCC/C=C\CCCCCCCCC)C(O)/C=C/CCCCCCCCCCCC. The third-order valence-electron chi connectivity index (χ3n) is 14.5. The van der Waals surface area contributed by atoms with Crippen LogP contribution in [0.2, 0.25) is 0 Å². The molecule has 0 radical (unpaired) electrons. The average molecular weight is 1030 g/mol. The molecule has 0 aromatic heterocycles. The van der Waals surface area contributed by atoms with Gasteiger partial charge in [-0.1, -0.05) is 237 Å². The van der Waals surface area contributed by atoms with Gasteiger partial charge in [-0.3, -0.25) is 9.59 Å². The smallest absolute Gasteiger partial charge is 0.306 e. The summed E-state index contributed by atoms with van der Waals surface area (Å²) in [7, 11) is 0. The van der Waals surface area contributed by atoms with Gasteiger partial charge >= 0.3 is 5.97 Å². The van der Waals surface area contributed by atoms with Gasteiger partial charge in [-0.25, -0.2) is 0 Å². The molecule has 1 saturated heterocycles. The second kappa shape index (κ2) is 50.7. The van der Waals surface area contributed by atoms with Crippen LogP contribution in [-0.4, -0.2) is 99.6 Å². The maximum atomic E-state index is 13.4. The van der Waals surface area contributed by atoms with Crippen molar-refractivity contribution >= 4 is 11.9 Å². The Morgan fingerprint density at radius 1 is 0.521 bits per heavy atom. The lowest BCUT2D eigenvalue weighted by molar-refractivity contribution is -0.305. The average Bonchev–Trinajstić information content (AvgIpc) is 3.39. The lowest BCUT2D eigenvalue weighted by Crippen LogP contribution is -2.61. The largest absolute Gasteiger partial charge is 0.454 e. The van der Waals surface area contributed by atoms with Gasteiger partial charge in [0.05, 0.1) is 25.4 Å². The molecule has 8 unspecified atom stereocenters. The molecule has 1 amide bonds. The lowest BCUT2D eigenvalue weighted by atomic mass is 9.99. The Morgan fingerprint density at radius 3 is 1.33 bits per heavy atom. The molecule has 6 N–H and O–H groups in total. The topological polar surface area (TPSA) is 175 Å². The maximum absolute atomic E-state index is 13.4. The summed E-state index contributed by atoms with van der Waals surface area (Å²) in [6, 6.07) is -1.02. The standard InChI is InChI=1S/C62H115NO10/c1-4-7-10-13-16-19-22-25-27-28-29-30-31-34-37-40-43-46-49-55(66)61(70)63-53(54(65)48-45-42-39-36-33-24-21-18-15-12-9-6-3)52-71-62-60(59(69)58(68)56(51-64)72-62)73-57(67)50-47-44-41-38-35-32-26-23-20-17-14-11-8-5-2/h25,27,32,35,45,48,53-56,58-60,62,64-66,68-69H,4-24,26,28-31,33-34,36-44,46-47,49-52H2,1-3H3,(H,63,70)/b27-25+,35-32-,48-45+. The van der Waals surface area contributed by atoms with Crippen LogP contribution in [0.15, 0.2) is 36.5 Å². The molecule has 11 heteroatoms. The van der Waals surface area contributed by atoms with Crippen molar-refractivity contribution in [1.29, 1.82) is 0 Å². The molecule has 73 heavy (non-hydrogen) atoms. The second-order valence-electron chi connectivity index (χ2n) is 21.4. The Balaban J connectivity index is 2.69. The zero-order valence-electron chi connectivity index (χ0n) is 47.3. The van der Waals surface area contributed by atoms with Crippen LogP contribution in [0.25, 0.3) is 0 Å². The first-order valence-electron chi connectivity index (χ1n) is 30.8. The number of allylic oxidation sites excluding steroid dienone is 5. The van der Waals surface area contributed by atoms with Crippen molar-refractivity contribution in [3.05, 3.63) is 36.5 Å². The molecule has 1 rings (SSSR count). The molecule has 1 fully saturated rings. The Morgan fingerprint density at radius 2 is 0.904 bits per heavy atom. The van der Waals surface area contributed by atoms with Crippen LogP contribution in [0.3, 0.4) is 0 Å². The third kappa shape index (κ3) is 39.0. The highest BCUT2D eigenvalue weighted by atomic mass is 16.7. The summed E-state index contributed by atoms with van der Waals surface area (Å²) >= 11 is 0. The fraction of sp³-hybridized carbons (Fsp3) is 0.871. The maximum Gasteiger partial charge on any atom is 0.306 e. The van der Waals surface area contributed by atoms with Crippen LogP contribution >= 0.6 is 0 Å². The highest BCUT2D eigenvalue weighted by Crippen LogP contribution is 2.26. The van der Waals surface area contributed by atoms with Gasteiger partial charge in [-0.15, -0.1) is 0 Å². The van der Waals surface area contributed by atoms with Gasteiger partial charge in [-0.2, -0.15) is 0 Å². The van der Waals surface area contributed by atoms with Crippen LogP contribution in [0.1, 0.15) is 284 Å². The first-order valence-corrected chi connectivity index (χ1v) is 30.8. The summed E-state index contributed by atoms with van der Waals surface area (Å²) in [6.45, 7) is 5.78. The summed E-state index contributed by atoms with van der Waals surface area (Å²) in [5, 5.41) is 56.9. The summed E-state index contributed by atoms with van der Waals surface area (Å²) in [4.78, 5) is 26.5. The molecule has 0 saturated carbocycles. The minimum absolute atomic E-state index is 0.105. The Kier molecular flexibility index (Phi) is 47.8. The highest BCUT2D eigenvalue weighted by molar-refractivity contribution is 5.80. The predicted molar refractivity (Wildman–Crippen MR) is 301 cm³/mol. The van der Waals surface area contributed by atoms with Crippen LogP contribution in [0, 0.1) is 0 Å². The minimum atomic E-state index is -1.62. The molecule has 0 spiro atoms. The molecule has 1 aliphatic heterocycles. The minimum Gasteiger partial charge on any atom is -0.454 e. The Labute approximate surface area is 447 Å². The number of unbranched alkanes of at least 4 members (excludes halogenated alkanes) is 34. The van der Waals surface area contributed by atoms with E-state index >= 15 is 0 Å². The van der Waals surface area contributed by atoms with Crippen molar-refractivity contribution in [3.8, 4) is 0 Å². The molecule has 1 aliphatic rings. The molecule has 1 heterocycles. The van der Waals surface area contributed by atoms with E-state index in [9.17, 15) is 35.1 Å². The van der Waals surface area contributed by atoms with E-state index in [0.717, 1.165) is 70.6 Å². The molecule has 11 nitrogen and oxygen atoms in total. The first kappa shape index (κ1) is 68.9. The number of hydrogen-bond acceptors (Lipinski definition) is 10. The molecule has 428 valence electrons. The predicted octanol–water partition coefficient (Wildman–Crippen LogP) is 14.3. The van der Waals surface area contributed by atoms with E-state index in [1.54, 1.807) is 6.08 Å². The normalized spacial score (nSPS) is 19.6. The monoisotopic (exact) mass is 1030 g/mol. The number of nitrogens with one attached hydrogen (secondary N) is 1. The van der Waals surface area contributed by atoms with Gasteiger partial charge in [0.25, 0.3) is 0 Å². The van der Waals surface area contributed by atoms with Gasteiger partial charge in [-0.05, 0) is 77.0 Å². The first-order chi connectivity index (χ1) is 35.7. The quantitative estimate of drug-likeness (QED) is 0.0195. The van der Waals surface area contributed by atoms with Crippen LogP contribution < -0.4 is 5.32 Å². The fourth-order valence-corrected chi connectivity index (χ4v) is 9.58. The van der Waals surface area contributed by atoms with Crippen molar-refractivity contribution in [2.75, 3.05) is 13.2 Å². The van der Waals surface area contributed by atoms with Gasteiger partial charge in [0, 0.05) is 6.42 Å². The number of rotatable bonds is 52. The number of amides is 1. The van der Waals surface area contributed by atoms with Crippen molar-refractivity contribution < 1.29 is 49.3 Å². The van der Waals surface area contributed by atoms with Crippen LogP contribution in [0.5, 0.6) is 0 Å². The summed E-state index contributed by atoms with van der Waals surface area (Å²) in [5.41, 5.74) is 0. The number of carbonyl (C=O) groups is 2. The van der Waals surface area contributed by atoms with E-state index < -0.39 is 67.4 Å². The highest BCUT2D eigenvalue weighted by Gasteiger charge is 2.47. The second-order valence-corrected chi connectivity index (χ2v) is 21.4. The summed E-state index contributed by atoms with van der Waals surface area (Å²) in [5.74, 6) is -1.21. The van der Waals surface area contributed by atoms with Crippen molar-refractivity contribution in [2.45, 2.75) is 333 Å². The number of aliphatic hydroxyl groups excluding tert-OH is 5. The van der Waals surface area contributed by atoms with E-state index in [4.69, 9.17) is 14.2 Å². The van der Waals surface area contributed by atoms with Crippen molar-refractivity contribution in [2.24, 2.45) is 0 Å². The molecule has 8 atom stereocenters. The number of aliphatic hydroxyl groups is 5. The molecule has 0 aliphatic carbocycles. The van der Waals surface area contributed by atoms with E-state index in [1.807, 2.05) is 6.08 Å². The number of esters is 1. The number of ether oxygens (including phenoxy) is 3. The molecule has 0 aromatic rings.